The molecule has 0 aliphatic carbocycles. The maximum absolute atomic E-state index is 12.5. The number of hydrogen-bond acceptors (Lipinski definition) is 3. The number of aromatic nitrogens is 1. The highest BCUT2D eigenvalue weighted by atomic mass is 127. The van der Waals surface area contributed by atoms with Gasteiger partial charge in [-0.1, -0.05) is 0 Å². The van der Waals surface area contributed by atoms with Crippen LogP contribution in [0, 0.1) is 3.70 Å². The molecule has 0 fully saturated rings. The van der Waals surface area contributed by atoms with Crippen molar-refractivity contribution in [1.29, 1.82) is 0 Å². The number of nitrogens with zero attached hydrogens (tertiary/aromatic N) is 1. The van der Waals surface area contributed by atoms with Crippen LogP contribution in [0.15, 0.2) is 6.07 Å². The third-order valence-electron chi connectivity index (χ3n) is 1.46. The SMILES string of the molecule is Nc1cc(C(=O)Cl)c(C(F)F)c(I)n1. The lowest BCUT2D eigenvalue weighted by Gasteiger charge is -2.07. The van der Waals surface area contributed by atoms with Crippen LogP contribution in [0.25, 0.3) is 0 Å². The molecule has 0 spiro atoms. The zero-order valence-electron chi connectivity index (χ0n) is 6.60. The molecular formula is C7H4ClF2IN2O. The highest BCUT2D eigenvalue weighted by Crippen LogP contribution is 2.29. The van der Waals surface area contributed by atoms with E-state index >= 15 is 0 Å². The van der Waals surface area contributed by atoms with Crippen molar-refractivity contribution in [1.82, 2.24) is 4.98 Å². The van der Waals surface area contributed by atoms with E-state index in [-0.39, 0.29) is 15.1 Å². The maximum Gasteiger partial charge on any atom is 0.267 e. The molecule has 3 nitrogen and oxygen atoms in total. The van der Waals surface area contributed by atoms with E-state index in [0.29, 0.717) is 0 Å². The maximum atomic E-state index is 12.5. The van der Waals surface area contributed by atoms with E-state index < -0.39 is 17.2 Å². The minimum atomic E-state index is -2.80. The second-order valence-electron chi connectivity index (χ2n) is 2.37. The smallest absolute Gasteiger partial charge is 0.267 e. The van der Waals surface area contributed by atoms with Crippen LogP contribution in [-0.2, 0) is 0 Å². The molecule has 0 aliphatic heterocycles. The number of rotatable bonds is 2. The average Bonchev–Trinajstić information content (AvgIpc) is 2.01. The van der Waals surface area contributed by atoms with Crippen LogP contribution in [0.2, 0.25) is 0 Å². The Hall–Kier alpha value is -0.500. The Labute approximate surface area is 96.8 Å². The molecule has 0 aliphatic rings. The van der Waals surface area contributed by atoms with Crippen LogP contribution < -0.4 is 5.73 Å². The summed E-state index contributed by atoms with van der Waals surface area (Å²) in [5, 5.41) is -0.965. The first-order chi connectivity index (χ1) is 6.43. The Kier molecular flexibility index (Phi) is 3.59. The van der Waals surface area contributed by atoms with Crippen molar-refractivity contribution < 1.29 is 13.6 Å². The number of alkyl halides is 2. The van der Waals surface area contributed by atoms with Gasteiger partial charge in [0.2, 0.25) is 0 Å². The van der Waals surface area contributed by atoms with Gasteiger partial charge >= 0.3 is 0 Å². The summed E-state index contributed by atoms with van der Waals surface area (Å²) in [6, 6.07) is 1.04. The predicted octanol–water partition coefficient (Wildman–Crippen LogP) is 2.58. The van der Waals surface area contributed by atoms with Gasteiger partial charge in [0.05, 0.1) is 5.56 Å². The Bertz CT molecular complexity index is 386. The first-order valence-electron chi connectivity index (χ1n) is 3.37. The standard InChI is InChI=1S/C7H4ClF2IN2O/c8-5(14)2-1-3(12)13-7(11)4(2)6(9)10/h1,6H,(H2,12,13). The van der Waals surface area contributed by atoms with Crippen molar-refractivity contribution in [2.24, 2.45) is 0 Å². The first-order valence-corrected chi connectivity index (χ1v) is 4.83. The third kappa shape index (κ3) is 2.30. The van der Waals surface area contributed by atoms with Crippen LogP contribution in [0.3, 0.4) is 0 Å². The molecule has 2 N–H and O–H groups in total. The van der Waals surface area contributed by atoms with Crippen LogP contribution in [0.5, 0.6) is 0 Å². The molecule has 0 saturated heterocycles. The number of pyridine rings is 1. The van der Waals surface area contributed by atoms with Crippen molar-refractivity contribution in [3.63, 3.8) is 0 Å². The van der Waals surface area contributed by atoms with Crippen molar-refractivity contribution >= 4 is 45.3 Å². The van der Waals surface area contributed by atoms with Crippen molar-refractivity contribution in [2.75, 3.05) is 5.73 Å². The van der Waals surface area contributed by atoms with Gasteiger partial charge in [-0.05, 0) is 40.3 Å². The number of halogens is 4. The van der Waals surface area contributed by atoms with Crippen LogP contribution in [0.4, 0.5) is 14.6 Å². The summed E-state index contributed by atoms with van der Waals surface area (Å²) in [6.07, 6.45) is -2.80. The van der Waals surface area contributed by atoms with Gasteiger partial charge < -0.3 is 5.73 Å². The lowest BCUT2D eigenvalue weighted by molar-refractivity contribution is 0.106. The van der Waals surface area contributed by atoms with Crippen LogP contribution in [0.1, 0.15) is 22.3 Å². The fourth-order valence-electron chi connectivity index (χ4n) is 0.913. The third-order valence-corrected chi connectivity index (χ3v) is 2.49. The van der Waals surface area contributed by atoms with Gasteiger partial charge in [0.1, 0.15) is 9.52 Å². The second kappa shape index (κ2) is 4.35. The summed E-state index contributed by atoms with van der Waals surface area (Å²) in [5.41, 5.74) is 4.53. The summed E-state index contributed by atoms with van der Waals surface area (Å²) in [7, 11) is 0. The predicted molar refractivity (Wildman–Crippen MR) is 56.5 cm³/mol. The summed E-state index contributed by atoms with van der Waals surface area (Å²) in [5.74, 6) is -0.0113. The van der Waals surface area contributed by atoms with E-state index in [4.69, 9.17) is 17.3 Å². The number of carbonyl (C=O) groups is 1. The van der Waals surface area contributed by atoms with E-state index in [2.05, 4.69) is 4.98 Å². The van der Waals surface area contributed by atoms with Gasteiger partial charge in [-0.3, -0.25) is 4.79 Å². The van der Waals surface area contributed by atoms with Crippen molar-refractivity contribution in [3.05, 3.63) is 20.9 Å². The lowest BCUT2D eigenvalue weighted by atomic mass is 10.1. The first kappa shape index (κ1) is 11.6. The van der Waals surface area contributed by atoms with E-state index in [1.807, 2.05) is 0 Å². The Morgan fingerprint density at radius 2 is 2.21 bits per heavy atom. The molecule has 7 heteroatoms. The van der Waals surface area contributed by atoms with E-state index in [1.54, 1.807) is 22.6 Å². The highest BCUT2D eigenvalue weighted by molar-refractivity contribution is 14.1. The van der Waals surface area contributed by atoms with Crippen molar-refractivity contribution in [2.45, 2.75) is 6.43 Å². The molecule has 0 unspecified atom stereocenters. The molecule has 1 rings (SSSR count). The van der Waals surface area contributed by atoms with Gasteiger partial charge in [-0.15, -0.1) is 0 Å². The number of carbonyl (C=O) groups excluding carboxylic acids is 1. The number of nitrogens with two attached hydrogens (primary N) is 1. The fraction of sp³-hybridized carbons (Fsp3) is 0.143. The molecule has 0 bridgehead atoms. The van der Waals surface area contributed by atoms with Crippen LogP contribution >= 0.6 is 34.2 Å². The molecule has 0 amide bonds. The fourth-order valence-corrected chi connectivity index (χ4v) is 1.87. The second-order valence-corrected chi connectivity index (χ2v) is 3.74. The number of anilines is 1. The molecule has 0 radical (unpaired) electrons. The van der Waals surface area contributed by atoms with E-state index in [1.165, 1.54) is 0 Å². The van der Waals surface area contributed by atoms with E-state index in [0.717, 1.165) is 6.07 Å². The number of nitrogen functional groups attached to an aromatic ring is 1. The highest BCUT2D eigenvalue weighted by Gasteiger charge is 2.22. The Morgan fingerprint density at radius 3 is 2.64 bits per heavy atom. The topological polar surface area (TPSA) is 56.0 Å². The zero-order chi connectivity index (χ0) is 10.9. The molecule has 1 aromatic rings. The van der Waals surface area contributed by atoms with Gasteiger partial charge in [-0.25, -0.2) is 13.8 Å². The van der Waals surface area contributed by atoms with Crippen molar-refractivity contribution in [3.8, 4) is 0 Å². The molecule has 0 aromatic carbocycles. The van der Waals surface area contributed by atoms with E-state index in [9.17, 15) is 13.6 Å². The normalized spacial score (nSPS) is 10.6. The number of hydrogen-bond donors (Lipinski definition) is 1. The monoisotopic (exact) mass is 332 g/mol. The summed E-state index contributed by atoms with van der Waals surface area (Å²) < 4.78 is 25.0. The molecule has 0 saturated carbocycles. The zero-order valence-corrected chi connectivity index (χ0v) is 9.51. The van der Waals surface area contributed by atoms with Gasteiger partial charge in [0.25, 0.3) is 11.7 Å². The lowest BCUT2D eigenvalue weighted by Crippen LogP contribution is -2.06. The van der Waals surface area contributed by atoms with Gasteiger partial charge in [-0.2, -0.15) is 0 Å². The quantitative estimate of drug-likeness (QED) is 0.514. The minimum Gasteiger partial charge on any atom is -0.384 e. The Balaban J connectivity index is 3.44. The molecule has 76 valence electrons. The summed E-state index contributed by atoms with van der Waals surface area (Å²) in [6.45, 7) is 0. The minimum absolute atomic E-state index is 0.0113. The Morgan fingerprint density at radius 1 is 1.64 bits per heavy atom. The van der Waals surface area contributed by atoms with Gasteiger partial charge in [0, 0.05) is 5.56 Å². The molecular weight excluding hydrogens is 328 g/mol. The molecule has 0 atom stereocenters. The average molecular weight is 332 g/mol. The molecule has 1 heterocycles. The largest absolute Gasteiger partial charge is 0.384 e. The summed E-state index contributed by atoms with van der Waals surface area (Å²) >= 11 is 6.72. The summed E-state index contributed by atoms with van der Waals surface area (Å²) in [4.78, 5) is 14.4. The molecule has 1 aromatic heterocycles. The van der Waals surface area contributed by atoms with Gasteiger partial charge in [0.15, 0.2) is 0 Å². The van der Waals surface area contributed by atoms with Crippen LogP contribution in [-0.4, -0.2) is 10.2 Å². The molecule has 14 heavy (non-hydrogen) atoms.